The molecule has 0 atom stereocenters. The summed E-state index contributed by atoms with van der Waals surface area (Å²) in [6, 6.07) is 0.908. The van der Waals surface area contributed by atoms with E-state index in [0.29, 0.717) is 18.7 Å². The Bertz CT molecular complexity index is 636. The van der Waals surface area contributed by atoms with Crippen LogP contribution in [0.3, 0.4) is 0 Å². The molecular weight excluding hydrogens is 328 g/mol. The second-order valence-electron chi connectivity index (χ2n) is 4.12. The number of carbonyl (C=O) groups excluding carboxylic acids is 1. The van der Waals surface area contributed by atoms with Gasteiger partial charge in [-0.1, -0.05) is 0 Å². The third kappa shape index (κ3) is 4.62. The van der Waals surface area contributed by atoms with Gasteiger partial charge >= 0.3 is 0 Å². The fourth-order valence-corrected chi connectivity index (χ4v) is 2.44. The Balaban J connectivity index is 3.10. The molecule has 118 valence electrons. The molecule has 0 bridgehead atoms. The summed E-state index contributed by atoms with van der Waals surface area (Å²) in [6.07, 6.45) is 0. The number of halogens is 3. The number of ether oxygens (including phenoxy) is 1. The highest BCUT2D eigenvalue weighted by Gasteiger charge is 2.24. The third-order valence-corrected chi connectivity index (χ3v) is 3.97. The highest BCUT2D eigenvalue weighted by Crippen LogP contribution is 2.23. The van der Waals surface area contributed by atoms with Crippen LogP contribution in [0.5, 0.6) is 0 Å². The lowest BCUT2D eigenvalue weighted by Crippen LogP contribution is -2.31. The fourth-order valence-electron chi connectivity index (χ4n) is 1.53. The minimum atomic E-state index is -4.42. The van der Waals surface area contributed by atoms with E-state index >= 15 is 0 Å². The Morgan fingerprint density at radius 3 is 2.48 bits per heavy atom. The minimum absolute atomic E-state index is 0.173. The van der Waals surface area contributed by atoms with Crippen molar-refractivity contribution in [1.82, 2.24) is 4.90 Å². The second-order valence-corrected chi connectivity index (χ2v) is 6.66. The standard InChI is InChI=1S/C12H14ClF2NO4S/c1-3-20-5-4-16(2)12(17)8-6-11(21(13,18)19)10(15)7-9(8)14/h6-7H,3-5H2,1-2H3. The Morgan fingerprint density at radius 2 is 1.95 bits per heavy atom. The zero-order valence-corrected chi connectivity index (χ0v) is 13.0. The van der Waals surface area contributed by atoms with E-state index in [-0.39, 0.29) is 13.2 Å². The van der Waals surface area contributed by atoms with Gasteiger partial charge in [-0.05, 0) is 13.0 Å². The maximum Gasteiger partial charge on any atom is 0.264 e. The van der Waals surface area contributed by atoms with Gasteiger partial charge in [-0.25, -0.2) is 17.2 Å². The van der Waals surface area contributed by atoms with Crippen LogP contribution in [0.15, 0.2) is 17.0 Å². The molecule has 9 heteroatoms. The van der Waals surface area contributed by atoms with E-state index in [2.05, 4.69) is 0 Å². The van der Waals surface area contributed by atoms with E-state index < -0.39 is 37.1 Å². The smallest absolute Gasteiger partial charge is 0.264 e. The zero-order chi connectivity index (χ0) is 16.2. The molecule has 0 fully saturated rings. The summed E-state index contributed by atoms with van der Waals surface area (Å²) in [4.78, 5) is 12.2. The molecule has 1 aromatic rings. The monoisotopic (exact) mass is 341 g/mol. The van der Waals surface area contributed by atoms with Gasteiger partial charge in [0, 0.05) is 36.9 Å². The molecule has 5 nitrogen and oxygen atoms in total. The van der Waals surface area contributed by atoms with E-state index in [1.54, 1.807) is 6.92 Å². The lowest BCUT2D eigenvalue weighted by atomic mass is 10.2. The van der Waals surface area contributed by atoms with Crippen LogP contribution >= 0.6 is 10.7 Å². The zero-order valence-electron chi connectivity index (χ0n) is 11.4. The average Bonchev–Trinajstić information content (AvgIpc) is 2.36. The summed E-state index contributed by atoms with van der Waals surface area (Å²) in [6.45, 7) is 2.65. The van der Waals surface area contributed by atoms with Gasteiger partial charge in [0.05, 0.1) is 12.2 Å². The van der Waals surface area contributed by atoms with Crippen molar-refractivity contribution in [3.8, 4) is 0 Å². The van der Waals surface area contributed by atoms with Gasteiger partial charge in [0.1, 0.15) is 16.5 Å². The first-order valence-corrected chi connectivity index (χ1v) is 8.26. The van der Waals surface area contributed by atoms with Crippen molar-refractivity contribution in [3.05, 3.63) is 29.3 Å². The maximum absolute atomic E-state index is 13.7. The molecule has 1 aromatic carbocycles. The first-order valence-electron chi connectivity index (χ1n) is 5.95. The normalized spacial score (nSPS) is 11.5. The Labute approximate surface area is 125 Å². The van der Waals surface area contributed by atoms with Crippen molar-refractivity contribution in [1.29, 1.82) is 0 Å². The number of hydrogen-bond acceptors (Lipinski definition) is 4. The highest BCUT2D eigenvalue weighted by molar-refractivity contribution is 8.13. The van der Waals surface area contributed by atoms with Crippen LogP contribution in [0.1, 0.15) is 17.3 Å². The van der Waals surface area contributed by atoms with Gasteiger partial charge in [-0.3, -0.25) is 4.79 Å². The van der Waals surface area contributed by atoms with Crippen molar-refractivity contribution in [2.45, 2.75) is 11.8 Å². The van der Waals surface area contributed by atoms with Gasteiger partial charge in [0.25, 0.3) is 15.0 Å². The predicted molar refractivity (Wildman–Crippen MR) is 72.9 cm³/mol. The van der Waals surface area contributed by atoms with Crippen LogP contribution in [0.4, 0.5) is 8.78 Å². The van der Waals surface area contributed by atoms with Crippen molar-refractivity contribution >= 4 is 25.6 Å². The van der Waals surface area contributed by atoms with E-state index in [0.717, 1.165) is 4.90 Å². The Morgan fingerprint density at radius 1 is 1.33 bits per heavy atom. The van der Waals surface area contributed by atoms with Crippen LogP contribution < -0.4 is 0 Å². The van der Waals surface area contributed by atoms with Crippen LogP contribution in [-0.4, -0.2) is 46.0 Å². The van der Waals surface area contributed by atoms with Crippen molar-refractivity contribution in [2.75, 3.05) is 26.8 Å². The van der Waals surface area contributed by atoms with Crippen LogP contribution in [0.2, 0.25) is 0 Å². The molecule has 0 saturated heterocycles. The summed E-state index contributed by atoms with van der Waals surface area (Å²) in [7, 11) is 2.01. The Hall–Kier alpha value is -1.25. The van der Waals surface area contributed by atoms with Gasteiger partial charge in [-0.15, -0.1) is 0 Å². The molecular formula is C12H14ClF2NO4S. The molecule has 0 saturated carbocycles. The molecule has 0 spiro atoms. The third-order valence-electron chi connectivity index (χ3n) is 2.64. The maximum atomic E-state index is 13.7. The molecule has 0 aliphatic rings. The fraction of sp³-hybridized carbons (Fsp3) is 0.417. The first kappa shape index (κ1) is 17.8. The SMILES string of the molecule is CCOCCN(C)C(=O)c1cc(S(=O)(=O)Cl)c(F)cc1F. The lowest BCUT2D eigenvalue weighted by molar-refractivity contribution is 0.0705. The summed E-state index contributed by atoms with van der Waals surface area (Å²) >= 11 is 0. The number of hydrogen-bond donors (Lipinski definition) is 0. The van der Waals surface area contributed by atoms with Crippen LogP contribution in [-0.2, 0) is 13.8 Å². The largest absolute Gasteiger partial charge is 0.380 e. The molecule has 0 aromatic heterocycles. The molecule has 0 aliphatic carbocycles. The second kappa shape index (κ2) is 7.15. The van der Waals surface area contributed by atoms with E-state index in [4.69, 9.17) is 15.4 Å². The molecule has 21 heavy (non-hydrogen) atoms. The Kier molecular flexibility index (Phi) is 6.06. The molecule has 0 aliphatic heterocycles. The van der Waals surface area contributed by atoms with E-state index in [9.17, 15) is 22.0 Å². The van der Waals surface area contributed by atoms with Crippen LogP contribution in [0.25, 0.3) is 0 Å². The molecule has 0 N–H and O–H groups in total. The first-order chi connectivity index (χ1) is 9.68. The highest BCUT2D eigenvalue weighted by atomic mass is 35.7. The lowest BCUT2D eigenvalue weighted by Gasteiger charge is -2.17. The average molecular weight is 342 g/mol. The molecule has 1 amide bonds. The molecule has 0 heterocycles. The number of benzene rings is 1. The quantitative estimate of drug-likeness (QED) is 0.586. The molecule has 0 unspecified atom stereocenters. The number of nitrogens with zero attached hydrogens (tertiary/aromatic N) is 1. The topological polar surface area (TPSA) is 63.7 Å². The van der Waals surface area contributed by atoms with Gasteiger partial charge < -0.3 is 9.64 Å². The number of rotatable bonds is 6. The number of likely N-dealkylation sites (N-methyl/N-ethyl adjacent to an activating group) is 1. The summed E-state index contributed by atoms with van der Waals surface area (Å²) < 4.78 is 54.5. The van der Waals surface area contributed by atoms with E-state index in [1.807, 2.05) is 0 Å². The number of amides is 1. The minimum Gasteiger partial charge on any atom is -0.380 e. The van der Waals surface area contributed by atoms with Crippen molar-refractivity contribution in [2.24, 2.45) is 0 Å². The number of carbonyl (C=O) groups is 1. The van der Waals surface area contributed by atoms with E-state index in [1.165, 1.54) is 7.05 Å². The molecule has 0 radical (unpaired) electrons. The summed E-state index contributed by atoms with van der Waals surface area (Å²) in [5.41, 5.74) is -0.574. The van der Waals surface area contributed by atoms with Gasteiger partial charge in [-0.2, -0.15) is 0 Å². The molecule has 1 rings (SSSR count). The summed E-state index contributed by atoms with van der Waals surface area (Å²) in [5.74, 6) is -3.31. The van der Waals surface area contributed by atoms with Crippen molar-refractivity contribution in [3.63, 3.8) is 0 Å². The van der Waals surface area contributed by atoms with Crippen LogP contribution in [0, 0.1) is 11.6 Å². The summed E-state index contributed by atoms with van der Waals surface area (Å²) in [5, 5.41) is 0. The van der Waals surface area contributed by atoms with Crippen molar-refractivity contribution < 1.29 is 26.7 Å². The van der Waals surface area contributed by atoms with Gasteiger partial charge in [0.2, 0.25) is 0 Å². The van der Waals surface area contributed by atoms with Gasteiger partial charge in [0.15, 0.2) is 0 Å². The predicted octanol–water partition coefficient (Wildman–Crippen LogP) is 2.00.